The summed E-state index contributed by atoms with van der Waals surface area (Å²) in [6.07, 6.45) is 3.35. The summed E-state index contributed by atoms with van der Waals surface area (Å²) in [5, 5.41) is 4.89. The van der Waals surface area contributed by atoms with Crippen LogP contribution < -0.4 is 5.32 Å². The zero-order valence-electron chi connectivity index (χ0n) is 12.7. The first kappa shape index (κ1) is 14.4. The van der Waals surface area contributed by atoms with Crippen molar-refractivity contribution >= 4 is 22.2 Å². The van der Waals surface area contributed by atoms with Crippen LogP contribution in [0, 0.1) is 13.8 Å². The van der Waals surface area contributed by atoms with Crippen LogP contribution >= 0.6 is 11.3 Å². The van der Waals surface area contributed by atoms with E-state index in [2.05, 4.69) is 66.3 Å². The summed E-state index contributed by atoms with van der Waals surface area (Å²) in [6.45, 7) is 7.50. The highest BCUT2D eigenvalue weighted by Gasteiger charge is 2.02. The number of aromatic nitrogens is 1. The summed E-state index contributed by atoms with van der Waals surface area (Å²) in [7, 11) is 0. The molecule has 2 nitrogen and oxygen atoms in total. The molecule has 0 aliphatic rings. The molecule has 0 aliphatic heterocycles. The van der Waals surface area contributed by atoms with Gasteiger partial charge in [0.05, 0.1) is 0 Å². The van der Waals surface area contributed by atoms with E-state index in [0.29, 0.717) is 0 Å². The Morgan fingerprint density at radius 1 is 1.14 bits per heavy atom. The number of fused-ring (bicyclic) bond motifs is 1. The molecule has 2 aromatic heterocycles. The molecule has 3 rings (SSSR count). The Balaban J connectivity index is 1.47. The minimum absolute atomic E-state index is 0.989. The Labute approximate surface area is 130 Å². The normalized spacial score (nSPS) is 11.3. The van der Waals surface area contributed by atoms with Crippen molar-refractivity contribution in [2.24, 2.45) is 0 Å². The molecule has 110 valence electrons. The molecule has 0 saturated carbocycles. The zero-order valence-corrected chi connectivity index (χ0v) is 13.5. The second-order valence-electron chi connectivity index (χ2n) is 5.54. The van der Waals surface area contributed by atoms with Crippen molar-refractivity contribution in [2.45, 2.75) is 33.4 Å². The third kappa shape index (κ3) is 3.36. The number of aryl methyl sites for hydroxylation is 3. The molecule has 0 amide bonds. The summed E-state index contributed by atoms with van der Waals surface area (Å²) >= 11 is 1.89. The van der Waals surface area contributed by atoms with E-state index in [1.807, 2.05) is 11.3 Å². The number of nitrogens with zero attached hydrogens (tertiary/aromatic N) is 1. The topological polar surface area (TPSA) is 17.0 Å². The highest BCUT2D eigenvalue weighted by atomic mass is 32.1. The molecule has 0 unspecified atom stereocenters. The van der Waals surface area contributed by atoms with E-state index in [-0.39, 0.29) is 0 Å². The van der Waals surface area contributed by atoms with Gasteiger partial charge in [0.15, 0.2) is 0 Å². The molecule has 0 atom stereocenters. The van der Waals surface area contributed by atoms with Gasteiger partial charge >= 0.3 is 0 Å². The van der Waals surface area contributed by atoms with E-state index in [9.17, 15) is 0 Å². The predicted octanol–water partition coefficient (Wildman–Crippen LogP) is 4.50. The van der Waals surface area contributed by atoms with Gasteiger partial charge in [0.2, 0.25) is 0 Å². The zero-order chi connectivity index (χ0) is 14.7. The number of hydrogen-bond donors (Lipinski definition) is 1. The van der Waals surface area contributed by atoms with Crippen LogP contribution in [0.4, 0.5) is 0 Å². The van der Waals surface area contributed by atoms with E-state index in [1.165, 1.54) is 26.2 Å². The summed E-state index contributed by atoms with van der Waals surface area (Å²) in [6, 6.07) is 13.1. The summed E-state index contributed by atoms with van der Waals surface area (Å²) < 4.78 is 2.34. The molecule has 0 spiro atoms. The van der Waals surface area contributed by atoms with Gasteiger partial charge in [-0.1, -0.05) is 18.2 Å². The van der Waals surface area contributed by atoms with Crippen LogP contribution in [0.25, 0.3) is 10.9 Å². The molecule has 1 N–H and O–H groups in total. The van der Waals surface area contributed by atoms with E-state index in [0.717, 1.165) is 26.1 Å². The maximum absolute atomic E-state index is 3.56. The van der Waals surface area contributed by atoms with E-state index in [1.54, 1.807) is 0 Å². The second kappa shape index (κ2) is 6.46. The molecule has 21 heavy (non-hydrogen) atoms. The standard InChI is InChI=1S/C18H22N2S/c1-14-12-17(15(2)21-14)13-19-9-5-10-20-11-8-16-6-3-4-7-18(16)20/h3-4,6-8,11-12,19H,5,9-10,13H2,1-2H3. The fraction of sp³-hybridized carbons (Fsp3) is 0.333. The quantitative estimate of drug-likeness (QED) is 0.663. The molecule has 0 bridgehead atoms. The Morgan fingerprint density at radius 3 is 2.81 bits per heavy atom. The van der Waals surface area contributed by atoms with Crippen LogP contribution in [0.15, 0.2) is 42.6 Å². The molecule has 1 aromatic carbocycles. The summed E-state index contributed by atoms with van der Waals surface area (Å²) in [5.41, 5.74) is 2.78. The van der Waals surface area contributed by atoms with Gasteiger partial charge in [0.25, 0.3) is 0 Å². The predicted molar refractivity (Wildman–Crippen MR) is 92.1 cm³/mol. The van der Waals surface area contributed by atoms with Gasteiger partial charge in [-0.2, -0.15) is 0 Å². The third-order valence-electron chi connectivity index (χ3n) is 3.89. The van der Waals surface area contributed by atoms with Gasteiger partial charge in [-0.25, -0.2) is 0 Å². The summed E-state index contributed by atoms with van der Waals surface area (Å²) in [5.74, 6) is 0. The average Bonchev–Trinajstić information content (AvgIpc) is 3.02. The van der Waals surface area contributed by atoms with Crippen LogP contribution in [0.1, 0.15) is 21.7 Å². The number of para-hydroxylation sites is 1. The molecule has 3 heteroatoms. The molecule has 2 heterocycles. The Bertz CT molecular complexity index is 724. The van der Waals surface area contributed by atoms with E-state index < -0.39 is 0 Å². The van der Waals surface area contributed by atoms with Crippen molar-refractivity contribution in [1.82, 2.24) is 9.88 Å². The Hall–Kier alpha value is -1.58. The number of nitrogens with one attached hydrogen (secondary N) is 1. The lowest BCUT2D eigenvalue weighted by Crippen LogP contribution is -2.16. The van der Waals surface area contributed by atoms with Gasteiger partial charge in [0.1, 0.15) is 0 Å². The van der Waals surface area contributed by atoms with Gasteiger partial charge in [0, 0.05) is 34.6 Å². The van der Waals surface area contributed by atoms with Crippen LogP contribution in [0.5, 0.6) is 0 Å². The highest BCUT2D eigenvalue weighted by Crippen LogP contribution is 2.20. The average molecular weight is 298 g/mol. The molecule has 0 saturated heterocycles. The monoisotopic (exact) mass is 298 g/mol. The fourth-order valence-electron chi connectivity index (χ4n) is 2.79. The maximum atomic E-state index is 3.56. The second-order valence-corrected chi connectivity index (χ2v) is 7.00. The first-order chi connectivity index (χ1) is 10.2. The van der Waals surface area contributed by atoms with Crippen molar-refractivity contribution in [3.05, 3.63) is 57.9 Å². The lowest BCUT2D eigenvalue weighted by molar-refractivity contribution is 0.590. The minimum atomic E-state index is 0.989. The number of rotatable bonds is 6. The molecular weight excluding hydrogens is 276 g/mol. The number of thiophene rings is 1. The lowest BCUT2D eigenvalue weighted by Gasteiger charge is -2.07. The molecular formula is C18H22N2S. The van der Waals surface area contributed by atoms with Crippen molar-refractivity contribution in [3.63, 3.8) is 0 Å². The van der Waals surface area contributed by atoms with Crippen LogP contribution in [0.2, 0.25) is 0 Å². The third-order valence-corrected chi connectivity index (χ3v) is 4.90. The first-order valence-corrected chi connectivity index (χ1v) is 8.36. The van der Waals surface area contributed by atoms with Gasteiger partial charge in [-0.15, -0.1) is 11.3 Å². The fourth-order valence-corrected chi connectivity index (χ4v) is 3.74. The first-order valence-electron chi connectivity index (χ1n) is 7.54. The van der Waals surface area contributed by atoms with Crippen molar-refractivity contribution < 1.29 is 0 Å². The number of hydrogen-bond acceptors (Lipinski definition) is 2. The molecule has 0 radical (unpaired) electrons. The van der Waals surface area contributed by atoms with Gasteiger partial charge < -0.3 is 9.88 Å². The Morgan fingerprint density at radius 2 is 2.00 bits per heavy atom. The van der Waals surface area contributed by atoms with Crippen molar-refractivity contribution in [1.29, 1.82) is 0 Å². The molecule has 0 aliphatic carbocycles. The van der Waals surface area contributed by atoms with Crippen LogP contribution in [-0.4, -0.2) is 11.1 Å². The molecule has 3 aromatic rings. The van der Waals surface area contributed by atoms with Gasteiger partial charge in [-0.3, -0.25) is 0 Å². The SMILES string of the molecule is Cc1cc(CNCCCn2ccc3ccccc32)c(C)s1. The van der Waals surface area contributed by atoms with E-state index in [4.69, 9.17) is 0 Å². The maximum Gasteiger partial charge on any atom is 0.0480 e. The minimum Gasteiger partial charge on any atom is -0.347 e. The van der Waals surface area contributed by atoms with Crippen LogP contribution in [-0.2, 0) is 13.1 Å². The van der Waals surface area contributed by atoms with Crippen molar-refractivity contribution in [2.75, 3.05) is 6.54 Å². The Kier molecular flexibility index (Phi) is 4.42. The number of benzene rings is 1. The van der Waals surface area contributed by atoms with E-state index >= 15 is 0 Å². The smallest absolute Gasteiger partial charge is 0.0480 e. The highest BCUT2D eigenvalue weighted by molar-refractivity contribution is 7.12. The van der Waals surface area contributed by atoms with Crippen LogP contribution in [0.3, 0.4) is 0 Å². The molecule has 0 fully saturated rings. The summed E-state index contributed by atoms with van der Waals surface area (Å²) in [4.78, 5) is 2.85. The largest absolute Gasteiger partial charge is 0.347 e. The van der Waals surface area contributed by atoms with Crippen molar-refractivity contribution in [3.8, 4) is 0 Å². The van der Waals surface area contributed by atoms with Gasteiger partial charge in [-0.05, 0) is 56.0 Å². The lowest BCUT2D eigenvalue weighted by atomic mass is 10.2.